The van der Waals surface area contributed by atoms with Crippen LogP contribution in [0.4, 0.5) is 4.79 Å². The first-order chi connectivity index (χ1) is 16.8. The number of nitrogens with one attached hydrogen (secondary N) is 1. The van der Waals surface area contributed by atoms with Crippen LogP contribution in [0.1, 0.15) is 56.6 Å². The third-order valence-corrected chi connectivity index (χ3v) is 7.09. The summed E-state index contributed by atoms with van der Waals surface area (Å²) in [7, 11) is 0. The van der Waals surface area contributed by atoms with Crippen LogP contribution in [-0.2, 0) is 14.3 Å². The zero-order valence-corrected chi connectivity index (χ0v) is 20.4. The van der Waals surface area contributed by atoms with E-state index in [0.717, 1.165) is 24.0 Å². The standard InChI is InChI=1S/C28H34N2O5/c1-18(2)30(14-13-27(32)33)26(31)15-20(19-11-12-19)16-29-28(34)35-17-25-23-9-5-3-7-21(23)22-8-4-6-10-24(22)25/h3-10,18-20,25H,11-17H2,1-2H3,(H,29,34)(H,32,33). The maximum atomic E-state index is 12.9. The quantitative estimate of drug-likeness (QED) is 0.490. The monoisotopic (exact) mass is 478 g/mol. The maximum absolute atomic E-state index is 12.9. The Hall–Kier alpha value is -3.35. The Balaban J connectivity index is 1.31. The molecule has 1 unspecified atom stereocenters. The van der Waals surface area contributed by atoms with E-state index in [2.05, 4.69) is 29.6 Å². The van der Waals surface area contributed by atoms with E-state index in [1.54, 1.807) is 4.90 Å². The first-order valence-electron chi connectivity index (χ1n) is 12.4. The molecule has 0 spiro atoms. The molecule has 1 fully saturated rings. The van der Waals surface area contributed by atoms with Crippen LogP contribution in [0.15, 0.2) is 48.5 Å². The van der Waals surface area contributed by atoms with Crippen molar-refractivity contribution < 1.29 is 24.2 Å². The first-order valence-corrected chi connectivity index (χ1v) is 12.4. The highest BCUT2D eigenvalue weighted by atomic mass is 16.5. The number of carboxylic acid groups (broad SMARTS) is 1. The molecule has 0 aromatic heterocycles. The summed E-state index contributed by atoms with van der Waals surface area (Å²) in [5.41, 5.74) is 4.69. The van der Waals surface area contributed by atoms with Crippen molar-refractivity contribution in [3.05, 3.63) is 59.7 Å². The summed E-state index contributed by atoms with van der Waals surface area (Å²) in [5.74, 6) is -0.551. The van der Waals surface area contributed by atoms with Crippen LogP contribution in [0.2, 0.25) is 0 Å². The summed E-state index contributed by atoms with van der Waals surface area (Å²) in [5, 5.41) is 11.9. The molecule has 1 saturated carbocycles. The predicted octanol–water partition coefficient (Wildman–Crippen LogP) is 4.65. The van der Waals surface area contributed by atoms with Crippen LogP contribution in [0.3, 0.4) is 0 Å². The van der Waals surface area contributed by atoms with E-state index in [1.807, 2.05) is 38.1 Å². The molecule has 0 radical (unpaired) electrons. The van der Waals surface area contributed by atoms with Crippen molar-refractivity contribution in [1.82, 2.24) is 10.2 Å². The fourth-order valence-electron chi connectivity index (χ4n) is 5.07. The van der Waals surface area contributed by atoms with E-state index in [1.165, 1.54) is 11.1 Å². The minimum absolute atomic E-state index is 0.00259. The van der Waals surface area contributed by atoms with E-state index in [-0.39, 0.29) is 43.4 Å². The summed E-state index contributed by atoms with van der Waals surface area (Å²) in [6.07, 6.45) is 1.83. The van der Waals surface area contributed by atoms with Crippen molar-refractivity contribution in [2.45, 2.75) is 51.5 Å². The SMILES string of the molecule is CC(C)N(CCC(=O)O)C(=O)CC(CNC(=O)OCC1c2ccccc2-c2ccccc21)C1CC1. The molecule has 2 aliphatic carbocycles. The Kier molecular flexibility index (Phi) is 7.73. The van der Waals surface area contributed by atoms with Gasteiger partial charge in [-0.25, -0.2) is 4.79 Å². The number of ether oxygens (including phenoxy) is 1. The number of carbonyl (C=O) groups is 3. The number of hydrogen-bond acceptors (Lipinski definition) is 4. The fraction of sp³-hybridized carbons (Fsp3) is 0.464. The predicted molar refractivity (Wildman–Crippen MR) is 133 cm³/mol. The molecule has 2 N–H and O–H groups in total. The van der Waals surface area contributed by atoms with Crippen LogP contribution < -0.4 is 5.32 Å². The molecule has 7 nitrogen and oxygen atoms in total. The molecule has 4 rings (SSSR count). The van der Waals surface area contributed by atoms with Gasteiger partial charge in [-0.1, -0.05) is 48.5 Å². The van der Waals surface area contributed by atoms with Gasteiger partial charge in [-0.2, -0.15) is 0 Å². The molecule has 1 atom stereocenters. The smallest absolute Gasteiger partial charge is 0.407 e. The summed E-state index contributed by atoms with van der Waals surface area (Å²) in [6, 6.07) is 16.3. The van der Waals surface area contributed by atoms with E-state index in [9.17, 15) is 14.4 Å². The van der Waals surface area contributed by atoms with Crippen LogP contribution in [0, 0.1) is 11.8 Å². The van der Waals surface area contributed by atoms with Crippen LogP contribution in [-0.4, -0.2) is 53.7 Å². The van der Waals surface area contributed by atoms with Gasteiger partial charge < -0.3 is 20.1 Å². The van der Waals surface area contributed by atoms with Gasteiger partial charge >= 0.3 is 12.1 Å². The lowest BCUT2D eigenvalue weighted by Gasteiger charge is -2.28. The lowest BCUT2D eigenvalue weighted by atomic mass is 9.98. The fourth-order valence-corrected chi connectivity index (χ4v) is 5.07. The number of hydrogen-bond donors (Lipinski definition) is 2. The summed E-state index contributed by atoms with van der Waals surface area (Å²) in [6.45, 7) is 4.60. The third kappa shape index (κ3) is 6.02. The second-order valence-corrected chi connectivity index (χ2v) is 9.83. The summed E-state index contributed by atoms with van der Waals surface area (Å²) >= 11 is 0. The molecular weight excluding hydrogens is 444 g/mol. The van der Waals surface area contributed by atoms with Gasteiger partial charge in [0.15, 0.2) is 0 Å². The number of alkyl carbamates (subject to hydrolysis) is 1. The molecule has 2 amide bonds. The number of carboxylic acids is 1. The zero-order valence-electron chi connectivity index (χ0n) is 20.4. The average Bonchev–Trinajstić information content (AvgIpc) is 3.63. The third-order valence-electron chi connectivity index (χ3n) is 7.09. The van der Waals surface area contributed by atoms with Gasteiger partial charge in [0, 0.05) is 31.5 Å². The molecule has 2 aliphatic rings. The van der Waals surface area contributed by atoms with Gasteiger partial charge in [0.1, 0.15) is 6.61 Å². The average molecular weight is 479 g/mol. The van der Waals surface area contributed by atoms with E-state index in [0.29, 0.717) is 18.9 Å². The minimum Gasteiger partial charge on any atom is -0.481 e. The Bertz CT molecular complexity index is 1030. The van der Waals surface area contributed by atoms with Crippen molar-refractivity contribution in [3.8, 4) is 11.1 Å². The molecular formula is C28H34N2O5. The molecule has 2 aromatic carbocycles. The molecule has 186 valence electrons. The molecule has 0 aliphatic heterocycles. The van der Waals surface area contributed by atoms with Gasteiger partial charge in [0.2, 0.25) is 5.91 Å². The number of rotatable bonds is 11. The summed E-state index contributed by atoms with van der Waals surface area (Å²) in [4.78, 5) is 38.1. The number of carbonyl (C=O) groups excluding carboxylic acids is 2. The van der Waals surface area contributed by atoms with Crippen LogP contribution >= 0.6 is 0 Å². The molecule has 0 heterocycles. The minimum atomic E-state index is -0.917. The molecule has 7 heteroatoms. The molecule has 0 saturated heterocycles. The second-order valence-electron chi connectivity index (χ2n) is 9.83. The van der Waals surface area contributed by atoms with E-state index >= 15 is 0 Å². The van der Waals surface area contributed by atoms with E-state index < -0.39 is 12.1 Å². The van der Waals surface area contributed by atoms with E-state index in [4.69, 9.17) is 9.84 Å². The largest absolute Gasteiger partial charge is 0.481 e. The Labute approximate surface area is 206 Å². The molecule has 2 aromatic rings. The molecule has 35 heavy (non-hydrogen) atoms. The first kappa shape index (κ1) is 24.8. The van der Waals surface area contributed by atoms with Crippen molar-refractivity contribution in [2.24, 2.45) is 11.8 Å². The Morgan fingerprint density at radius 1 is 1.03 bits per heavy atom. The van der Waals surface area contributed by atoms with Gasteiger partial charge in [0.05, 0.1) is 6.42 Å². The number of nitrogens with zero attached hydrogens (tertiary/aromatic N) is 1. The lowest BCUT2D eigenvalue weighted by molar-refractivity contribution is -0.139. The van der Waals surface area contributed by atoms with Crippen molar-refractivity contribution in [2.75, 3.05) is 19.7 Å². The number of amides is 2. The van der Waals surface area contributed by atoms with Gasteiger partial charge in [0.25, 0.3) is 0 Å². The number of fused-ring (bicyclic) bond motifs is 3. The number of aliphatic carboxylic acids is 1. The van der Waals surface area contributed by atoms with Gasteiger partial charge in [-0.3, -0.25) is 9.59 Å². The topological polar surface area (TPSA) is 95.9 Å². The Morgan fingerprint density at radius 3 is 2.17 bits per heavy atom. The highest BCUT2D eigenvalue weighted by Gasteiger charge is 2.35. The Morgan fingerprint density at radius 2 is 1.63 bits per heavy atom. The second kappa shape index (κ2) is 10.9. The van der Waals surface area contributed by atoms with Crippen molar-refractivity contribution in [3.63, 3.8) is 0 Å². The van der Waals surface area contributed by atoms with Crippen molar-refractivity contribution >= 4 is 18.0 Å². The van der Waals surface area contributed by atoms with Gasteiger partial charge in [-0.15, -0.1) is 0 Å². The molecule has 0 bridgehead atoms. The summed E-state index contributed by atoms with van der Waals surface area (Å²) < 4.78 is 5.64. The van der Waals surface area contributed by atoms with Crippen LogP contribution in [0.25, 0.3) is 11.1 Å². The maximum Gasteiger partial charge on any atom is 0.407 e. The van der Waals surface area contributed by atoms with Gasteiger partial charge in [-0.05, 0) is 60.8 Å². The zero-order chi connectivity index (χ0) is 24.9. The lowest BCUT2D eigenvalue weighted by Crippen LogP contribution is -2.41. The normalized spacial score (nSPS) is 15.3. The number of benzene rings is 2. The van der Waals surface area contributed by atoms with Crippen LogP contribution in [0.5, 0.6) is 0 Å². The highest BCUT2D eigenvalue weighted by Crippen LogP contribution is 2.44. The highest BCUT2D eigenvalue weighted by molar-refractivity contribution is 5.79. The van der Waals surface area contributed by atoms with Crippen molar-refractivity contribution in [1.29, 1.82) is 0 Å².